The number of aliphatic imine (C=N–C) groups is 1. The molecule has 3 nitrogen and oxygen atoms in total. The zero-order valence-corrected chi connectivity index (χ0v) is 10.1. The lowest BCUT2D eigenvalue weighted by Crippen LogP contribution is -2.12. The fourth-order valence-corrected chi connectivity index (χ4v) is 1.81. The standard InChI is InChI=1S/C14H17NO2/c1-2-3-8-15-11-9-13(16)12-6-4-5-7-14(12)17-10-11/h4-7H,2-3,8-10H2,1H3. The van der Waals surface area contributed by atoms with E-state index in [2.05, 4.69) is 11.9 Å². The number of nitrogens with zero attached hydrogens (tertiary/aromatic N) is 1. The second kappa shape index (κ2) is 5.62. The smallest absolute Gasteiger partial charge is 0.172 e. The van der Waals surface area contributed by atoms with Crippen LogP contribution < -0.4 is 4.74 Å². The van der Waals surface area contributed by atoms with Crippen molar-refractivity contribution in [3.8, 4) is 5.75 Å². The number of rotatable bonds is 3. The Bertz CT molecular complexity index is 438. The van der Waals surface area contributed by atoms with Crippen molar-refractivity contribution in [1.29, 1.82) is 0 Å². The molecule has 0 aromatic heterocycles. The Morgan fingerprint density at radius 2 is 2.18 bits per heavy atom. The number of hydrogen-bond donors (Lipinski definition) is 0. The van der Waals surface area contributed by atoms with Crippen molar-refractivity contribution in [3.05, 3.63) is 29.8 Å². The van der Waals surface area contributed by atoms with Crippen LogP contribution in [0.25, 0.3) is 0 Å². The molecule has 0 radical (unpaired) electrons. The molecule has 0 spiro atoms. The van der Waals surface area contributed by atoms with E-state index < -0.39 is 0 Å². The predicted molar refractivity (Wildman–Crippen MR) is 68.1 cm³/mol. The van der Waals surface area contributed by atoms with E-state index >= 15 is 0 Å². The van der Waals surface area contributed by atoms with Crippen LogP contribution in [0.5, 0.6) is 5.75 Å². The van der Waals surface area contributed by atoms with Crippen molar-refractivity contribution >= 4 is 11.5 Å². The zero-order chi connectivity index (χ0) is 12.1. The van der Waals surface area contributed by atoms with E-state index in [-0.39, 0.29) is 5.78 Å². The number of para-hydroxylation sites is 1. The number of Topliss-reactive ketones (excluding diaryl/α,β-unsaturated/α-hetero) is 1. The highest BCUT2D eigenvalue weighted by molar-refractivity contribution is 6.12. The number of benzene rings is 1. The molecule has 3 heteroatoms. The summed E-state index contributed by atoms with van der Waals surface area (Å²) in [7, 11) is 0. The van der Waals surface area contributed by atoms with Crippen LogP contribution in [-0.4, -0.2) is 24.6 Å². The third kappa shape index (κ3) is 2.93. The van der Waals surface area contributed by atoms with E-state index in [4.69, 9.17) is 4.74 Å². The van der Waals surface area contributed by atoms with Crippen molar-refractivity contribution in [2.24, 2.45) is 4.99 Å². The van der Waals surface area contributed by atoms with Gasteiger partial charge < -0.3 is 4.74 Å². The Hall–Kier alpha value is -1.64. The van der Waals surface area contributed by atoms with Gasteiger partial charge in [-0.3, -0.25) is 9.79 Å². The number of carbonyl (C=O) groups is 1. The van der Waals surface area contributed by atoms with E-state index in [1.807, 2.05) is 24.3 Å². The number of carbonyl (C=O) groups excluding carboxylic acids is 1. The lowest BCUT2D eigenvalue weighted by molar-refractivity contribution is 0.100. The topological polar surface area (TPSA) is 38.7 Å². The molecule has 0 bridgehead atoms. The summed E-state index contributed by atoms with van der Waals surface area (Å²) < 4.78 is 5.61. The average molecular weight is 231 g/mol. The normalized spacial score (nSPS) is 17.5. The first-order valence-electron chi connectivity index (χ1n) is 6.08. The summed E-state index contributed by atoms with van der Waals surface area (Å²) in [4.78, 5) is 16.4. The van der Waals surface area contributed by atoms with E-state index in [0.29, 0.717) is 24.3 Å². The van der Waals surface area contributed by atoms with Gasteiger partial charge in [0.25, 0.3) is 0 Å². The maximum atomic E-state index is 12.0. The first-order chi connectivity index (χ1) is 8.31. The molecule has 0 saturated carbocycles. The molecule has 1 heterocycles. The number of hydrogen-bond acceptors (Lipinski definition) is 3. The molecular formula is C14H17NO2. The molecule has 0 amide bonds. The minimum absolute atomic E-state index is 0.105. The Kier molecular flexibility index (Phi) is 3.91. The highest BCUT2D eigenvalue weighted by Gasteiger charge is 2.19. The molecule has 0 unspecified atom stereocenters. The summed E-state index contributed by atoms with van der Waals surface area (Å²) in [5.74, 6) is 0.784. The highest BCUT2D eigenvalue weighted by atomic mass is 16.5. The van der Waals surface area contributed by atoms with Crippen molar-refractivity contribution < 1.29 is 9.53 Å². The van der Waals surface area contributed by atoms with Crippen molar-refractivity contribution in [3.63, 3.8) is 0 Å². The molecule has 1 aromatic carbocycles. The molecule has 2 rings (SSSR count). The Morgan fingerprint density at radius 3 is 3.00 bits per heavy atom. The largest absolute Gasteiger partial charge is 0.487 e. The minimum Gasteiger partial charge on any atom is -0.487 e. The van der Waals surface area contributed by atoms with Gasteiger partial charge in [-0.1, -0.05) is 25.5 Å². The van der Waals surface area contributed by atoms with E-state index in [0.717, 1.165) is 25.1 Å². The van der Waals surface area contributed by atoms with Crippen LogP contribution in [0.4, 0.5) is 0 Å². The van der Waals surface area contributed by atoms with Gasteiger partial charge in [-0.05, 0) is 18.6 Å². The lowest BCUT2D eigenvalue weighted by Gasteiger charge is -2.04. The van der Waals surface area contributed by atoms with Crippen LogP contribution in [0.2, 0.25) is 0 Å². The number of ketones is 1. The fourth-order valence-electron chi connectivity index (χ4n) is 1.81. The third-order valence-electron chi connectivity index (χ3n) is 2.79. The van der Waals surface area contributed by atoms with Gasteiger partial charge in [0.1, 0.15) is 12.4 Å². The number of unbranched alkanes of at least 4 members (excludes halogenated alkanes) is 1. The number of ether oxygens (including phenoxy) is 1. The van der Waals surface area contributed by atoms with E-state index in [1.54, 1.807) is 0 Å². The summed E-state index contributed by atoms with van der Waals surface area (Å²) >= 11 is 0. The van der Waals surface area contributed by atoms with E-state index in [1.165, 1.54) is 0 Å². The molecule has 90 valence electrons. The van der Waals surface area contributed by atoms with Crippen LogP contribution in [0.1, 0.15) is 36.5 Å². The van der Waals surface area contributed by atoms with Gasteiger partial charge in [-0.25, -0.2) is 0 Å². The molecule has 0 atom stereocenters. The Balaban J connectivity index is 2.12. The summed E-state index contributed by atoms with van der Waals surface area (Å²) in [6, 6.07) is 7.39. The van der Waals surface area contributed by atoms with Gasteiger partial charge in [-0.2, -0.15) is 0 Å². The SMILES string of the molecule is CCCCN=C1COc2ccccc2C(=O)C1. The third-order valence-corrected chi connectivity index (χ3v) is 2.79. The second-order valence-electron chi connectivity index (χ2n) is 4.19. The van der Waals surface area contributed by atoms with Gasteiger partial charge in [0.15, 0.2) is 5.78 Å². The molecule has 17 heavy (non-hydrogen) atoms. The van der Waals surface area contributed by atoms with E-state index in [9.17, 15) is 4.79 Å². The lowest BCUT2D eigenvalue weighted by atomic mass is 10.1. The Labute approximate surface area is 102 Å². The van der Waals surface area contributed by atoms with Crippen molar-refractivity contribution in [1.82, 2.24) is 0 Å². The summed E-state index contributed by atoms with van der Waals surface area (Å²) in [5, 5.41) is 0. The molecule has 0 aliphatic carbocycles. The Morgan fingerprint density at radius 1 is 1.35 bits per heavy atom. The fraction of sp³-hybridized carbons (Fsp3) is 0.429. The van der Waals surface area contributed by atoms with Gasteiger partial charge in [-0.15, -0.1) is 0 Å². The molecule has 0 saturated heterocycles. The van der Waals surface area contributed by atoms with Crippen LogP contribution in [0, 0.1) is 0 Å². The maximum Gasteiger partial charge on any atom is 0.172 e. The predicted octanol–water partition coefficient (Wildman–Crippen LogP) is 2.89. The quantitative estimate of drug-likeness (QED) is 0.750. The summed E-state index contributed by atoms with van der Waals surface area (Å²) in [6.45, 7) is 3.36. The first kappa shape index (κ1) is 11.8. The molecular weight excluding hydrogens is 214 g/mol. The maximum absolute atomic E-state index is 12.0. The van der Waals surface area contributed by atoms with Crippen molar-refractivity contribution in [2.75, 3.05) is 13.2 Å². The van der Waals surface area contributed by atoms with Crippen molar-refractivity contribution in [2.45, 2.75) is 26.2 Å². The van der Waals surface area contributed by atoms with Crippen LogP contribution >= 0.6 is 0 Å². The second-order valence-corrected chi connectivity index (χ2v) is 4.19. The van der Waals surface area contributed by atoms with Gasteiger partial charge in [0.05, 0.1) is 17.7 Å². The molecule has 0 N–H and O–H groups in total. The zero-order valence-electron chi connectivity index (χ0n) is 10.1. The first-order valence-corrected chi connectivity index (χ1v) is 6.08. The van der Waals surface area contributed by atoms with Gasteiger partial charge >= 0.3 is 0 Å². The van der Waals surface area contributed by atoms with Crippen LogP contribution in [0.3, 0.4) is 0 Å². The molecule has 1 aliphatic heterocycles. The van der Waals surface area contributed by atoms with Crippen LogP contribution in [0.15, 0.2) is 29.3 Å². The molecule has 0 fully saturated rings. The summed E-state index contributed by atoms with van der Waals surface area (Å²) in [6.07, 6.45) is 2.57. The van der Waals surface area contributed by atoms with Crippen LogP contribution in [-0.2, 0) is 0 Å². The van der Waals surface area contributed by atoms with Gasteiger partial charge in [0, 0.05) is 6.54 Å². The van der Waals surface area contributed by atoms with Gasteiger partial charge in [0.2, 0.25) is 0 Å². The monoisotopic (exact) mass is 231 g/mol. The highest BCUT2D eigenvalue weighted by Crippen LogP contribution is 2.22. The molecule has 1 aromatic rings. The summed E-state index contributed by atoms with van der Waals surface area (Å²) in [5.41, 5.74) is 1.54. The average Bonchev–Trinajstić information content (AvgIpc) is 2.50. The molecule has 1 aliphatic rings. The minimum atomic E-state index is 0.105. The number of fused-ring (bicyclic) bond motifs is 1.